The van der Waals surface area contributed by atoms with Crippen molar-refractivity contribution in [2.24, 2.45) is 5.92 Å². The van der Waals surface area contributed by atoms with Gasteiger partial charge in [0.2, 0.25) is 11.6 Å². The summed E-state index contributed by atoms with van der Waals surface area (Å²) in [6.07, 6.45) is 0. The molecule has 3 aliphatic heterocycles. The van der Waals surface area contributed by atoms with Gasteiger partial charge >= 0.3 is 0 Å². The highest BCUT2D eigenvalue weighted by atomic mass is 19.1. The minimum absolute atomic E-state index is 0.0200. The van der Waals surface area contributed by atoms with E-state index in [1.165, 1.54) is 7.11 Å². The highest BCUT2D eigenvalue weighted by Crippen LogP contribution is 2.55. The van der Waals surface area contributed by atoms with Crippen LogP contribution in [0.4, 0.5) is 4.39 Å². The molecule has 3 N–H and O–H groups in total. The Kier molecular flexibility index (Phi) is 3.35. The zero-order valence-electron chi connectivity index (χ0n) is 13.6. The number of aliphatic hydroxyl groups is 1. The van der Waals surface area contributed by atoms with Crippen molar-refractivity contribution >= 4 is 11.6 Å². The number of halogens is 1. The molecule has 0 aromatic rings. The van der Waals surface area contributed by atoms with Crippen molar-refractivity contribution in [3.63, 3.8) is 0 Å². The lowest BCUT2D eigenvalue weighted by molar-refractivity contribution is -0.137. The van der Waals surface area contributed by atoms with Crippen LogP contribution >= 0.6 is 0 Å². The van der Waals surface area contributed by atoms with Crippen LogP contribution in [0, 0.1) is 5.92 Å². The fourth-order valence-electron chi connectivity index (χ4n) is 4.53. The van der Waals surface area contributed by atoms with E-state index in [1.54, 1.807) is 6.92 Å². The van der Waals surface area contributed by atoms with E-state index in [9.17, 15) is 19.1 Å². The number of methoxy groups -OCH3 is 1. The molecule has 0 aromatic heterocycles. The Labute approximate surface area is 138 Å². The van der Waals surface area contributed by atoms with Gasteiger partial charge in [-0.2, -0.15) is 0 Å². The Hall–Kier alpha value is -1.77. The Bertz CT molecular complexity index is 703. The van der Waals surface area contributed by atoms with Crippen molar-refractivity contribution in [2.75, 3.05) is 33.5 Å². The number of Topliss-reactive ketones (excluding diaryl/α,β-unsaturated/α-hetero) is 2. The third-order valence-corrected chi connectivity index (χ3v) is 5.61. The molecule has 0 amide bonds. The topological polar surface area (TPSA) is 101 Å². The van der Waals surface area contributed by atoms with Crippen LogP contribution in [0.2, 0.25) is 0 Å². The number of carbonyl (C=O) groups is 2. The zero-order chi connectivity index (χ0) is 17.2. The van der Waals surface area contributed by atoms with Crippen LogP contribution in [0.5, 0.6) is 0 Å². The number of alkyl halides is 1. The number of piperazine rings is 1. The minimum atomic E-state index is -0.911. The number of aliphatic hydroxyl groups excluding tert-OH is 1. The summed E-state index contributed by atoms with van der Waals surface area (Å²) in [6.45, 7) is 1.15. The predicted molar refractivity (Wildman–Crippen MR) is 81.5 cm³/mol. The van der Waals surface area contributed by atoms with Crippen LogP contribution < -0.4 is 10.6 Å². The van der Waals surface area contributed by atoms with Gasteiger partial charge in [-0.3, -0.25) is 9.59 Å². The van der Waals surface area contributed by atoms with Crippen LogP contribution in [-0.2, 0) is 14.3 Å². The summed E-state index contributed by atoms with van der Waals surface area (Å²) in [6, 6.07) is 0.180. The molecule has 2 fully saturated rings. The maximum atomic E-state index is 13.0. The lowest BCUT2D eigenvalue weighted by Crippen LogP contribution is -2.54. The van der Waals surface area contributed by atoms with E-state index < -0.39 is 18.3 Å². The van der Waals surface area contributed by atoms with E-state index in [4.69, 9.17) is 4.74 Å². The first kappa shape index (κ1) is 15.7. The van der Waals surface area contributed by atoms with Gasteiger partial charge in [0.25, 0.3) is 0 Å². The SMILES string of the molecule is COC12C(CO)C3=C(C(=O)C(C)=C(NCCF)C3=O)N1CC1NC12. The van der Waals surface area contributed by atoms with Crippen molar-refractivity contribution in [2.45, 2.75) is 24.7 Å². The third kappa shape index (κ3) is 1.66. The summed E-state index contributed by atoms with van der Waals surface area (Å²) in [7, 11) is 1.54. The Morgan fingerprint density at radius 1 is 1.46 bits per heavy atom. The monoisotopic (exact) mass is 337 g/mol. The summed E-state index contributed by atoms with van der Waals surface area (Å²) in [5.41, 5.74) is 0.110. The summed E-state index contributed by atoms with van der Waals surface area (Å²) in [5.74, 6) is -1.23. The van der Waals surface area contributed by atoms with Gasteiger partial charge in [-0.15, -0.1) is 0 Å². The average Bonchev–Trinajstić information content (AvgIpc) is 3.19. The number of ether oxygens (including phenoxy) is 1. The summed E-state index contributed by atoms with van der Waals surface area (Å²) < 4.78 is 18.3. The van der Waals surface area contributed by atoms with E-state index in [-0.39, 0.29) is 53.6 Å². The number of nitrogens with zero attached hydrogens (tertiary/aromatic N) is 1. The first-order valence-corrected chi connectivity index (χ1v) is 8.06. The van der Waals surface area contributed by atoms with Crippen molar-refractivity contribution in [3.8, 4) is 0 Å². The fourth-order valence-corrected chi connectivity index (χ4v) is 4.53. The van der Waals surface area contributed by atoms with Gasteiger partial charge in [0.05, 0.1) is 30.0 Å². The molecule has 0 aromatic carbocycles. The molecule has 1 aliphatic carbocycles. The largest absolute Gasteiger partial charge is 0.396 e. The van der Waals surface area contributed by atoms with Crippen molar-refractivity contribution in [1.82, 2.24) is 15.5 Å². The first-order valence-electron chi connectivity index (χ1n) is 8.06. The molecule has 4 aliphatic rings. The maximum Gasteiger partial charge on any atom is 0.208 e. The molecule has 130 valence electrons. The lowest BCUT2D eigenvalue weighted by Gasteiger charge is -2.39. The van der Waals surface area contributed by atoms with Crippen molar-refractivity contribution in [1.29, 1.82) is 0 Å². The van der Waals surface area contributed by atoms with Crippen LogP contribution in [0.15, 0.2) is 22.5 Å². The summed E-state index contributed by atoms with van der Waals surface area (Å²) in [5, 5.41) is 16.0. The normalized spacial score (nSPS) is 37.0. The van der Waals surface area contributed by atoms with Gasteiger partial charge in [0.15, 0.2) is 5.72 Å². The molecule has 0 saturated carbocycles. The molecule has 4 rings (SSSR count). The number of nitrogens with one attached hydrogen (secondary N) is 2. The molecule has 0 bridgehead atoms. The van der Waals surface area contributed by atoms with Gasteiger partial charge in [0.1, 0.15) is 6.67 Å². The number of hydrogen-bond donors (Lipinski definition) is 3. The summed E-state index contributed by atoms with van der Waals surface area (Å²) >= 11 is 0. The summed E-state index contributed by atoms with van der Waals surface area (Å²) in [4.78, 5) is 27.7. The van der Waals surface area contributed by atoms with Crippen LogP contribution in [0.3, 0.4) is 0 Å². The molecule has 24 heavy (non-hydrogen) atoms. The van der Waals surface area contributed by atoms with E-state index in [1.807, 2.05) is 4.90 Å². The predicted octanol–water partition coefficient (Wildman–Crippen LogP) is -1.15. The third-order valence-electron chi connectivity index (χ3n) is 5.61. The highest BCUT2D eigenvalue weighted by molar-refractivity contribution is 6.25. The van der Waals surface area contributed by atoms with Crippen molar-refractivity contribution < 1.29 is 23.8 Å². The number of rotatable bonds is 5. The van der Waals surface area contributed by atoms with Gasteiger partial charge < -0.3 is 25.4 Å². The number of ketones is 2. The highest BCUT2D eigenvalue weighted by Gasteiger charge is 2.72. The molecular weight excluding hydrogens is 317 g/mol. The molecule has 8 heteroatoms. The first-order chi connectivity index (χ1) is 11.5. The molecule has 2 saturated heterocycles. The second-order valence-corrected chi connectivity index (χ2v) is 6.59. The van der Waals surface area contributed by atoms with E-state index in [0.717, 1.165) is 0 Å². The van der Waals surface area contributed by atoms with Gasteiger partial charge in [-0.25, -0.2) is 4.39 Å². The molecule has 0 spiro atoms. The van der Waals surface area contributed by atoms with Gasteiger partial charge in [-0.1, -0.05) is 0 Å². The standard InChI is InChI=1S/C16H20FN3O4/c1-7-11(18-4-3-17)14(23)10-8(6-21)16(24-2)15-9(19-15)5-20(16)12(10)13(7)22/h8-9,15,18-19,21H,3-6H2,1-2H3. The molecule has 3 heterocycles. The van der Waals surface area contributed by atoms with Gasteiger partial charge in [0, 0.05) is 37.4 Å². The molecular formula is C16H20FN3O4. The minimum Gasteiger partial charge on any atom is -0.396 e. The quantitative estimate of drug-likeness (QED) is 0.430. The van der Waals surface area contributed by atoms with E-state index >= 15 is 0 Å². The molecule has 4 atom stereocenters. The zero-order valence-corrected chi connectivity index (χ0v) is 13.6. The maximum absolute atomic E-state index is 13.0. The number of hydrogen-bond acceptors (Lipinski definition) is 7. The smallest absolute Gasteiger partial charge is 0.208 e. The van der Waals surface area contributed by atoms with Crippen LogP contribution in [-0.4, -0.2) is 72.9 Å². The number of allylic oxidation sites excluding steroid dienone is 2. The Morgan fingerprint density at radius 3 is 2.83 bits per heavy atom. The Morgan fingerprint density at radius 2 is 2.21 bits per heavy atom. The van der Waals surface area contributed by atoms with E-state index in [2.05, 4.69) is 10.6 Å². The van der Waals surface area contributed by atoms with Crippen LogP contribution in [0.25, 0.3) is 0 Å². The number of carbonyl (C=O) groups excluding carboxylic acids is 2. The average molecular weight is 337 g/mol. The lowest BCUT2D eigenvalue weighted by atomic mass is 9.82. The van der Waals surface area contributed by atoms with Crippen LogP contribution in [0.1, 0.15) is 6.92 Å². The molecule has 0 radical (unpaired) electrons. The fraction of sp³-hybridized carbons (Fsp3) is 0.625. The Balaban J connectivity index is 1.81. The second kappa shape index (κ2) is 5.11. The molecule has 7 nitrogen and oxygen atoms in total. The second-order valence-electron chi connectivity index (χ2n) is 6.59. The van der Waals surface area contributed by atoms with Gasteiger partial charge in [-0.05, 0) is 6.92 Å². The van der Waals surface area contributed by atoms with Crippen molar-refractivity contribution in [3.05, 3.63) is 22.5 Å². The van der Waals surface area contributed by atoms with E-state index in [0.29, 0.717) is 12.2 Å². The molecule has 4 unspecified atom stereocenters. The number of fused-ring (bicyclic) bond motifs is 4.